The lowest BCUT2D eigenvalue weighted by atomic mass is 10.1. The molecular weight excluding hydrogens is 334 g/mol. The van der Waals surface area contributed by atoms with Crippen molar-refractivity contribution in [3.8, 4) is 6.07 Å². The Hall–Kier alpha value is -3.86. The summed E-state index contributed by atoms with van der Waals surface area (Å²) in [6, 6.07) is 11.7. The first-order valence-electron chi connectivity index (χ1n) is 7.72. The number of benzene rings is 1. The fourth-order valence-electron chi connectivity index (χ4n) is 2.39. The van der Waals surface area contributed by atoms with Crippen LogP contribution in [0, 0.1) is 11.3 Å². The van der Waals surface area contributed by atoms with E-state index in [1.54, 1.807) is 37.4 Å². The number of hydrogen-bond acceptors (Lipinski definition) is 5. The van der Waals surface area contributed by atoms with Crippen LogP contribution in [0.1, 0.15) is 32.2 Å². The van der Waals surface area contributed by atoms with Crippen molar-refractivity contribution in [3.63, 3.8) is 0 Å². The molecule has 2 heterocycles. The number of amides is 2. The van der Waals surface area contributed by atoms with Crippen LogP contribution in [-0.2, 0) is 13.6 Å². The van der Waals surface area contributed by atoms with Crippen LogP contribution in [0.25, 0.3) is 0 Å². The molecule has 0 saturated carbocycles. The first-order chi connectivity index (χ1) is 12.6. The van der Waals surface area contributed by atoms with Gasteiger partial charge < -0.3 is 15.1 Å². The van der Waals surface area contributed by atoms with E-state index in [1.165, 1.54) is 23.2 Å². The van der Waals surface area contributed by atoms with E-state index in [-0.39, 0.29) is 17.9 Å². The molecule has 0 aliphatic carbocycles. The van der Waals surface area contributed by atoms with Gasteiger partial charge in [0.2, 0.25) is 0 Å². The Labute approximate surface area is 149 Å². The zero-order valence-electron chi connectivity index (χ0n) is 13.9. The molecule has 1 aromatic carbocycles. The Morgan fingerprint density at radius 3 is 2.85 bits per heavy atom. The highest BCUT2D eigenvalue weighted by Gasteiger charge is 2.19. The number of anilines is 1. The van der Waals surface area contributed by atoms with E-state index in [9.17, 15) is 9.59 Å². The van der Waals surface area contributed by atoms with Crippen molar-refractivity contribution in [2.75, 3.05) is 5.32 Å². The van der Waals surface area contributed by atoms with Gasteiger partial charge in [-0.3, -0.25) is 14.3 Å². The lowest BCUT2D eigenvalue weighted by Crippen LogP contribution is -2.26. The van der Waals surface area contributed by atoms with Crippen molar-refractivity contribution in [2.45, 2.75) is 6.54 Å². The van der Waals surface area contributed by atoms with Crippen molar-refractivity contribution in [2.24, 2.45) is 7.05 Å². The molecule has 2 amide bonds. The van der Waals surface area contributed by atoms with Gasteiger partial charge in [-0.15, -0.1) is 0 Å². The first-order valence-corrected chi connectivity index (χ1v) is 7.72. The SMILES string of the molecule is Cn1ncc(NC(=O)c2cccc(C#N)c2)c1C(=O)NCc1ccco1. The topological polar surface area (TPSA) is 113 Å². The lowest BCUT2D eigenvalue weighted by Gasteiger charge is -2.08. The average Bonchev–Trinajstić information content (AvgIpc) is 3.29. The molecule has 2 N–H and O–H groups in total. The minimum absolute atomic E-state index is 0.210. The predicted molar refractivity (Wildman–Crippen MR) is 92.2 cm³/mol. The zero-order valence-corrected chi connectivity index (χ0v) is 13.9. The fourth-order valence-corrected chi connectivity index (χ4v) is 2.39. The second-order valence-corrected chi connectivity index (χ2v) is 5.44. The fraction of sp³-hybridized carbons (Fsp3) is 0.111. The van der Waals surface area contributed by atoms with E-state index in [4.69, 9.17) is 9.68 Å². The Kier molecular flexibility index (Phi) is 4.80. The lowest BCUT2D eigenvalue weighted by molar-refractivity contribution is 0.0939. The van der Waals surface area contributed by atoms with Crippen molar-refractivity contribution in [1.29, 1.82) is 5.26 Å². The second kappa shape index (κ2) is 7.36. The van der Waals surface area contributed by atoms with E-state index in [1.807, 2.05) is 6.07 Å². The average molecular weight is 349 g/mol. The molecule has 0 aliphatic heterocycles. The molecule has 0 atom stereocenters. The summed E-state index contributed by atoms with van der Waals surface area (Å²) in [4.78, 5) is 24.9. The van der Waals surface area contributed by atoms with Gasteiger partial charge in [-0.25, -0.2) is 0 Å². The molecule has 8 nitrogen and oxygen atoms in total. The molecule has 0 saturated heterocycles. The van der Waals surface area contributed by atoms with Crippen molar-refractivity contribution in [1.82, 2.24) is 15.1 Å². The molecule has 3 rings (SSSR count). The summed E-state index contributed by atoms with van der Waals surface area (Å²) in [5.74, 6) is -0.225. The van der Waals surface area contributed by atoms with Crippen LogP contribution in [-0.4, -0.2) is 21.6 Å². The van der Waals surface area contributed by atoms with E-state index in [0.29, 0.717) is 16.9 Å². The number of furan rings is 1. The second-order valence-electron chi connectivity index (χ2n) is 5.44. The van der Waals surface area contributed by atoms with Gasteiger partial charge >= 0.3 is 0 Å². The van der Waals surface area contributed by atoms with Gasteiger partial charge in [0.25, 0.3) is 11.8 Å². The molecule has 0 radical (unpaired) electrons. The monoisotopic (exact) mass is 349 g/mol. The molecule has 130 valence electrons. The van der Waals surface area contributed by atoms with Crippen LogP contribution in [0.3, 0.4) is 0 Å². The summed E-state index contributed by atoms with van der Waals surface area (Å²) in [5.41, 5.74) is 1.17. The predicted octanol–water partition coefficient (Wildman–Crippen LogP) is 2.07. The molecule has 0 aliphatic rings. The van der Waals surface area contributed by atoms with E-state index >= 15 is 0 Å². The van der Waals surface area contributed by atoms with Crippen LogP contribution < -0.4 is 10.6 Å². The summed E-state index contributed by atoms with van der Waals surface area (Å²) in [5, 5.41) is 18.3. The molecule has 0 spiro atoms. The van der Waals surface area contributed by atoms with Crippen LogP contribution in [0.15, 0.2) is 53.3 Å². The number of carbonyl (C=O) groups excluding carboxylic acids is 2. The summed E-state index contributed by atoms with van der Waals surface area (Å²) in [6.07, 6.45) is 2.92. The van der Waals surface area contributed by atoms with E-state index in [2.05, 4.69) is 15.7 Å². The Morgan fingerprint density at radius 1 is 1.27 bits per heavy atom. The zero-order chi connectivity index (χ0) is 18.5. The standard InChI is InChI=1S/C18H15N5O3/c1-23-16(18(25)20-10-14-6-3-7-26-14)15(11-21-23)22-17(24)13-5-2-4-12(8-13)9-19/h2-8,11H,10H2,1H3,(H,20,25)(H,22,24). The molecule has 0 fully saturated rings. The van der Waals surface area contributed by atoms with Crippen molar-refractivity contribution in [3.05, 3.63) is 71.4 Å². The minimum atomic E-state index is -0.435. The van der Waals surface area contributed by atoms with Crippen LogP contribution in [0.2, 0.25) is 0 Å². The molecule has 8 heteroatoms. The highest BCUT2D eigenvalue weighted by Crippen LogP contribution is 2.16. The third kappa shape index (κ3) is 3.62. The summed E-state index contributed by atoms with van der Waals surface area (Å²) >= 11 is 0. The maximum Gasteiger partial charge on any atom is 0.272 e. The van der Waals surface area contributed by atoms with E-state index < -0.39 is 11.8 Å². The summed E-state index contributed by atoms with van der Waals surface area (Å²) in [6.45, 7) is 0.217. The Bertz CT molecular complexity index is 983. The maximum atomic E-state index is 12.5. The largest absolute Gasteiger partial charge is 0.467 e. The van der Waals surface area contributed by atoms with Crippen molar-refractivity contribution >= 4 is 17.5 Å². The number of rotatable bonds is 5. The van der Waals surface area contributed by atoms with Crippen LogP contribution in [0.4, 0.5) is 5.69 Å². The quantitative estimate of drug-likeness (QED) is 0.732. The number of aryl methyl sites for hydroxylation is 1. The third-order valence-electron chi connectivity index (χ3n) is 3.66. The van der Waals surface area contributed by atoms with Gasteiger partial charge in [0.15, 0.2) is 0 Å². The van der Waals surface area contributed by atoms with E-state index in [0.717, 1.165) is 0 Å². The smallest absolute Gasteiger partial charge is 0.272 e. The van der Waals surface area contributed by atoms with Gasteiger partial charge in [0, 0.05) is 12.6 Å². The van der Waals surface area contributed by atoms with Gasteiger partial charge in [-0.2, -0.15) is 10.4 Å². The molecule has 3 aromatic rings. The van der Waals surface area contributed by atoms with Gasteiger partial charge in [0.1, 0.15) is 11.5 Å². The minimum Gasteiger partial charge on any atom is -0.467 e. The molecule has 0 bridgehead atoms. The number of aromatic nitrogens is 2. The van der Waals surface area contributed by atoms with Gasteiger partial charge in [-0.1, -0.05) is 6.07 Å². The molecule has 2 aromatic heterocycles. The Morgan fingerprint density at radius 2 is 2.12 bits per heavy atom. The van der Waals surface area contributed by atoms with Crippen LogP contribution in [0.5, 0.6) is 0 Å². The highest BCUT2D eigenvalue weighted by molar-refractivity contribution is 6.08. The van der Waals surface area contributed by atoms with Gasteiger partial charge in [0.05, 0.1) is 36.3 Å². The number of hydrogen-bond donors (Lipinski definition) is 2. The van der Waals surface area contributed by atoms with Gasteiger partial charge in [-0.05, 0) is 30.3 Å². The number of nitrogens with zero attached hydrogens (tertiary/aromatic N) is 3. The van der Waals surface area contributed by atoms with Crippen molar-refractivity contribution < 1.29 is 14.0 Å². The maximum absolute atomic E-state index is 12.5. The summed E-state index contributed by atoms with van der Waals surface area (Å²) < 4.78 is 6.55. The third-order valence-corrected chi connectivity index (χ3v) is 3.66. The number of carbonyl (C=O) groups is 2. The molecular formula is C18H15N5O3. The number of nitrogens with one attached hydrogen (secondary N) is 2. The first kappa shape index (κ1) is 17.0. The normalized spacial score (nSPS) is 10.2. The van der Waals surface area contributed by atoms with Crippen LogP contribution >= 0.6 is 0 Å². The Balaban J connectivity index is 1.75. The molecule has 0 unspecified atom stereocenters. The summed E-state index contributed by atoms with van der Waals surface area (Å²) in [7, 11) is 1.60. The number of nitriles is 1. The highest BCUT2D eigenvalue weighted by atomic mass is 16.3. The molecule has 26 heavy (non-hydrogen) atoms.